The first kappa shape index (κ1) is 18.3. The summed E-state index contributed by atoms with van der Waals surface area (Å²) in [7, 11) is 0. The van der Waals surface area contributed by atoms with Crippen molar-refractivity contribution in [1.82, 2.24) is 5.32 Å². The Bertz CT molecular complexity index is 365. The standard InChI is InChI=1S/C12H23N3O5/c1-7(20-12(2,3)4)10(14)11(18)15-5-9(17)19-6-8(13)16/h7,10H,5-6,14H2,1-4H3,(H2,13,16)(H,15,18)/t7-,10+/m1/s1. The third kappa shape index (κ3) is 8.44. The number of nitrogens with two attached hydrogens (primary N) is 2. The van der Waals surface area contributed by atoms with Crippen molar-refractivity contribution in [2.75, 3.05) is 13.2 Å². The average Bonchev–Trinajstić information content (AvgIpc) is 2.30. The topological polar surface area (TPSA) is 134 Å². The van der Waals surface area contributed by atoms with Gasteiger partial charge >= 0.3 is 5.97 Å². The Hall–Kier alpha value is -1.67. The molecule has 8 nitrogen and oxygen atoms in total. The quantitative estimate of drug-likeness (QED) is 0.497. The molecule has 0 aliphatic heterocycles. The fourth-order valence-electron chi connectivity index (χ4n) is 1.32. The van der Waals surface area contributed by atoms with Crippen LogP contribution in [-0.2, 0) is 23.9 Å². The van der Waals surface area contributed by atoms with Crippen molar-refractivity contribution in [3.63, 3.8) is 0 Å². The number of ether oxygens (including phenoxy) is 2. The highest BCUT2D eigenvalue weighted by molar-refractivity contribution is 5.86. The van der Waals surface area contributed by atoms with Gasteiger partial charge in [0.2, 0.25) is 5.91 Å². The maximum atomic E-state index is 11.7. The van der Waals surface area contributed by atoms with Crippen LogP contribution >= 0.6 is 0 Å². The molecule has 0 spiro atoms. The molecule has 0 fully saturated rings. The van der Waals surface area contributed by atoms with Crippen LogP contribution in [0, 0.1) is 0 Å². The van der Waals surface area contributed by atoms with E-state index in [1.54, 1.807) is 6.92 Å². The second-order valence-corrected chi connectivity index (χ2v) is 5.31. The molecule has 2 atom stereocenters. The summed E-state index contributed by atoms with van der Waals surface area (Å²) >= 11 is 0. The van der Waals surface area contributed by atoms with Crippen LogP contribution in [-0.4, -0.2) is 48.7 Å². The highest BCUT2D eigenvalue weighted by Gasteiger charge is 2.26. The molecule has 0 aromatic rings. The second-order valence-electron chi connectivity index (χ2n) is 5.31. The smallest absolute Gasteiger partial charge is 0.325 e. The van der Waals surface area contributed by atoms with Crippen molar-refractivity contribution < 1.29 is 23.9 Å². The first-order valence-corrected chi connectivity index (χ1v) is 6.18. The third-order valence-electron chi connectivity index (χ3n) is 2.13. The normalized spacial score (nSPS) is 14.2. The lowest BCUT2D eigenvalue weighted by molar-refractivity contribution is -0.148. The van der Waals surface area contributed by atoms with Crippen molar-refractivity contribution in [1.29, 1.82) is 0 Å². The number of rotatable bonds is 7. The van der Waals surface area contributed by atoms with Gasteiger partial charge in [-0.25, -0.2) is 0 Å². The number of carbonyl (C=O) groups is 3. The van der Waals surface area contributed by atoms with E-state index in [2.05, 4.69) is 10.1 Å². The molecule has 0 radical (unpaired) electrons. The molecule has 0 aromatic carbocycles. The van der Waals surface area contributed by atoms with Gasteiger partial charge in [0.15, 0.2) is 6.61 Å². The summed E-state index contributed by atoms with van der Waals surface area (Å²) in [5, 5.41) is 2.30. The van der Waals surface area contributed by atoms with Gasteiger partial charge in [0.1, 0.15) is 12.6 Å². The summed E-state index contributed by atoms with van der Waals surface area (Å²) in [5.74, 6) is -2.08. The van der Waals surface area contributed by atoms with Gasteiger partial charge in [0.25, 0.3) is 5.91 Å². The lowest BCUT2D eigenvalue weighted by atomic mass is 10.1. The lowest BCUT2D eigenvalue weighted by Crippen LogP contribution is -2.51. The summed E-state index contributed by atoms with van der Waals surface area (Å²) in [6.07, 6.45) is -0.517. The molecule has 0 unspecified atom stereocenters. The third-order valence-corrected chi connectivity index (χ3v) is 2.13. The number of hydrogen-bond acceptors (Lipinski definition) is 6. The number of nitrogens with one attached hydrogen (secondary N) is 1. The van der Waals surface area contributed by atoms with Gasteiger partial charge in [-0.1, -0.05) is 0 Å². The maximum Gasteiger partial charge on any atom is 0.325 e. The molecule has 116 valence electrons. The van der Waals surface area contributed by atoms with E-state index in [9.17, 15) is 14.4 Å². The molecule has 20 heavy (non-hydrogen) atoms. The van der Waals surface area contributed by atoms with Crippen LogP contribution in [0.15, 0.2) is 0 Å². The Balaban J connectivity index is 4.14. The van der Waals surface area contributed by atoms with Crippen LogP contribution in [0.5, 0.6) is 0 Å². The Morgan fingerprint density at radius 2 is 1.80 bits per heavy atom. The van der Waals surface area contributed by atoms with Crippen molar-refractivity contribution in [2.24, 2.45) is 11.5 Å². The van der Waals surface area contributed by atoms with Gasteiger partial charge < -0.3 is 26.3 Å². The minimum absolute atomic E-state index is 0.387. The van der Waals surface area contributed by atoms with Gasteiger partial charge in [0, 0.05) is 0 Å². The summed E-state index contributed by atoms with van der Waals surface area (Å²) in [6.45, 7) is 6.28. The Morgan fingerprint density at radius 1 is 1.25 bits per heavy atom. The van der Waals surface area contributed by atoms with Crippen molar-refractivity contribution in [3.8, 4) is 0 Å². The number of amides is 2. The molecule has 2 amide bonds. The average molecular weight is 289 g/mol. The fraction of sp³-hybridized carbons (Fsp3) is 0.750. The van der Waals surface area contributed by atoms with Gasteiger partial charge in [0.05, 0.1) is 11.7 Å². The van der Waals surface area contributed by atoms with E-state index in [0.717, 1.165) is 0 Å². The molecule has 0 heterocycles. The van der Waals surface area contributed by atoms with Crippen LogP contribution in [0.3, 0.4) is 0 Å². The number of hydrogen-bond donors (Lipinski definition) is 3. The largest absolute Gasteiger partial charge is 0.454 e. The van der Waals surface area contributed by atoms with Gasteiger partial charge in [-0.2, -0.15) is 0 Å². The molecule has 0 saturated heterocycles. The summed E-state index contributed by atoms with van der Waals surface area (Å²) < 4.78 is 10.0. The van der Waals surface area contributed by atoms with Crippen LogP contribution in [0.2, 0.25) is 0 Å². The van der Waals surface area contributed by atoms with E-state index < -0.39 is 42.1 Å². The Labute approximate surface area is 118 Å². The predicted octanol–water partition coefficient (Wildman–Crippen LogP) is -1.34. The van der Waals surface area contributed by atoms with Gasteiger partial charge in [-0.15, -0.1) is 0 Å². The van der Waals surface area contributed by atoms with E-state index >= 15 is 0 Å². The van der Waals surface area contributed by atoms with E-state index in [1.807, 2.05) is 20.8 Å². The molecule has 0 aliphatic rings. The van der Waals surface area contributed by atoms with Crippen LogP contribution < -0.4 is 16.8 Å². The van der Waals surface area contributed by atoms with Crippen LogP contribution in [0.25, 0.3) is 0 Å². The number of esters is 1. The van der Waals surface area contributed by atoms with Crippen molar-refractivity contribution in [3.05, 3.63) is 0 Å². The minimum Gasteiger partial charge on any atom is -0.454 e. The molecular formula is C12H23N3O5. The molecule has 8 heteroatoms. The van der Waals surface area contributed by atoms with Gasteiger partial charge in [-0.05, 0) is 27.7 Å². The van der Waals surface area contributed by atoms with E-state index in [4.69, 9.17) is 16.2 Å². The molecule has 0 aliphatic carbocycles. The Kier molecular flexibility index (Phi) is 7.16. The lowest BCUT2D eigenvalue weighted by Gasteiger charge is -2.28. The molecule has 0 rings (SSSR count). The first-order valence-electron chi connectivity index (χ1n) is 6.18. The maximum absolute atomic E-state index is 11.7. The molecule has 0 bridgehead atoms. The predicted molar refractivity (Wildman–Crippen MR) is 71.4 cm³/mol. The minimum atomic E-state index is -0.918. The summed E-state index contributed by atoms with van der Waals surface area (Å²) in [4.78, 5) is 33.2. The monoisotopic (exact) mass is 289 g/mol. The zero-order chi connectivity index (χ0) is 15.9. The van der Waals surface area contributed by atoms with Crippen LogP contribution in [0.1, 0.15) is 27.7 Å². The SMILES string of the molecule is C[C@@H](OC(C)(C)C)[C@H](N)C(=O)NCC(=O)OCC(N)=O. The summed E-state index contributed by atoms with van der Waals surface area (Å²) in [6, 6.07) is -0.918. The van der Waals surface area contributed by atoms with Gasteiger partial charge in [-0.3, -0.25) is 14.4 Å². The zero-order valence-electron chi connectivity index (χ0n) is 12.3. The molecular weight excluding hydrogens is 266 g/mol. The summed E-state index contributed by atoms with van der Waals surface area (Å²) in [5.41, 5.74) is 10.1. The number of carbonyl (C=O) groups excluding carboxylic acids is 3. The van der Waals surface area contributed by atoms with Crippen molar-refractivity contribution in [2.45, 2.75) is 45.4 Å². The highest BCUT2D eigenvalue weighted by Crippen LogP contribution is 2.12. The Morgan fingerprint density at radius 3 is 2.25 bits per heavy atom. The highest BCUT2D eigenvalue weighted by atomic mass is 16.5. The zero-order valence-corrected chi connectivity index (χ0v) is 12.3. The first-order chi connectivity index (χ1) is 9.03. The van der Waals surface area contributed by atoms with Crippen molar-refractivity contribution >= 4 is 17.8 Å². The van der Waals surface area contributed by atoms with E-state index in [-0.39, 0.29) is 6.54 Å². The van der Waals surface area contributed by atoms with E-state index in [0.29, 0.717) is 0 Å². The fourth-order valence-corrected chi connectivity index (χ4v) is 1.32. The van der Waals surface area contributed by atoms with Crippen LogP contribution in [0.4, 0.5) is 0 Å². The van der Waals surface area contributed by atoms with E-state index in [1.165, 1.54) is 0 Å². The molecule has 5 N–H and O–H groups in total. The molecule has 0 aromatic heterocycles. The number of primary amides is 1. The second kappa shape index (κ2) is 7.81. The molecule has 0 saturated carbocycles.